The summed E-state index contributed by atoms with van der Waals surface area (Å²) in [5.41, 5.74) is 4.08. The molecule has 2 amide bonds. The summed E-state index contributed by atoms with van der Waals surface area (Å²) in [5, 5.41) is 13.8. The third-order valence-corrected chi connectivity index (χ3v) is 6.88. The fourth-order valence-electron chi connectivity index (χ4n) is 4.91. The molecule has 10 nitrogen and oxygen atoms in total. The first kappa shape index (κ1) is 27.3. The van der Waals surface area contributed by atoms with E-state index in [4.69, 9.17) is 14.2 Å². The molecule has 1 aromatic heterocycles. The summed E-state index contributed by atoms with van der Waals surface area (Å²) in [6.07, 6.45) is 1.49. The van der Waals surface area contributed by atoms with Gasteiger partial charge in [0, 0.05) is 16.9 Å². The van der Waals surface area contributed by atoms with E-state index in [1.165, 1.54) is 6.20 Å². The van der Waals surface area contributed by atoms with E-state index in [2.05, 4.69) is 21.0 Å². The van der Waals surface area contributed by atoms with Gasteiger partial charge in [0.15, 0.2) is 0 Å². The molecule has 210 valence electrons. The lowest BCUT2D eigenvalue weighted by molar-refractivity contribution is -0.113. The van der Waals surface area contributed by atoms with Gasteiger partial charge in [0.25, 0.3) is 11.8 Å². The highest BCUT2D eigenvalue weighted by Crippen LogP contribution is 2.42. The molecule has 0 saturated carbocycles. The average molecular weight is 554 g/mol. The highest BCUT2D eigenvalue weighted by atomic mass is 16.5. The molecule has 0 bridgehead atoms. The molecule has 10 heteroatoms. The largest absolute Gasteiger partial charge is 0.497 e. The van der Waals surface area contributed by atoms with Crippen molar-refractivity contribution >= 4 is 29.0 Å². The van der Waals surface area contributed by atoms with Crippen LogP contribution in [-0.2, 0) is 4.79 Å². The minimum atomic E-state index is -0.758. The predicted octanol–water partition coefficient (Wildman–Crippen LogP) is 5.40. The number of aromatic nitrogens is 2. The van der Waals surface area contributed by atoms with Crippen molar-refractivity contribution in [1.29, 1.82) is 0 Å². The summed E-state index contributed by atoms with van der Waals surface area (Å²) >= 11 is 0. The van der Waals surface area contributed by atoms with Crippen molar-refractivity contribution < 1.29 is 23.8 Å². The van der Waals surface area contributed by atoms with Crippen molar-refractivity contribution in [2.24, 2.45) is 0 Å². The Morgan fingerprint density at radius 1 is 0.854 bits per heavy atom. The number of amides is 2. The van der Waals surface area contributed by atoms with Crippen LogP contribution in [0.15, 0.2) is 84.2 Å². The molecule has 0 spiro atoms. The van der Waals surface area contributed by atoms with Crippen LogP contribution >= 0.6 is 0 Å². The molecule has 0 radical (unpaired) electrons. The zero-order chi connectivity index (χ0) is 29.1. The summed E-state index contributed by atoms with van der Waals surface area (Å²) in [6.45, 7) is 3.74. The van der Waals surface area contributed by atoms with Crippen LogP contribution in [0.1, 0.15) is 34.5 Å². The molecule has 0 aliphatic carbocycles. The molecule has 1 aliphatic rings. The molecule has 4 aromatic rings. The maximum atomic E-state index is 14.0. The van der Waals surface area contributed by atoms with E-state index in [9.17, 15) is 9.59 Å². The van der Waals surface area contributed by atoms with E-state index in [0.717, 1.165) is 5.56 Å². The maximum Gasteiger partial charge on any atom is 0.261 e. The number of para-hydroxylation sites is 2. The van der Waals surface area contributed by atoms with E-state index in [-0.39, 0.29) is 11.8 Å². The molecule has 5 rings (SSSR count). The quantitative estimate of drug-likeness (QED) is 0.268. The van der Waals surface area contributed by atoms with Gasteiger partial charge in [0.2, 0.25) is 0 Å². The lowest BCUT2D eigenvalue weighted by Crippen LogP contribution is -2.32. The number of ether oxygens (including phenoxy) is 3. The average Bonchev–Trinajstić information content (AvgIpc) is 3.39. The second-order valence-electron chi connectivity index (χ2n) is 9.50. The second kappa shape index (κ2) is 11.5. The zero-order valence-electron chi connectivity index (χ0n) is 23.4. The van der Waals surface area contributed by atoms with E-state index in [1.807, 2.05) is 43.3 Å². The number of nitrogens with one attached hydrogen (secondary N) is 3. The molecule has 41 heavy (non-hydrogen) atoms. The Morgan fingerprint density at radius 2 is 1.63 bits per heavy atom. The third-order valence-electron chi connectivity index (χ3n) is 6.88. The van der Waals surface area contributed by atoms with Crippen molar-refractivity contribution in [2.75, 3.05) is 37.3 Å². The van der Waals surface area contributed by atoms with Gasteiger partial charge in [-0.3, -0.25) is 9.59 Å². The summed E-state index contributed by atoms with van der Waals surface area (Å²) in [5.74, 6) is 1.36. The van der Waals surface area contributed by atoms with Crippen molar-refractivity contribution in [1.82, 2.24) is 9.78 Å². The van der Waals surface area contributed by atoms with Gasteiger partial charge in [0.1, 0.15) is 34.7 Å². The molecule has 2 heterocycles. The summed E-state index contributed by atoms with van der Waals surface area (Å²) in [7, 11) is 4.67. The SMILES string of the molecule is COc1ccc(OC)c([C@H]2C(C(=O)Nc3ccccc3OC)=C(C)Nc3c(C(=O)Nc4cccc(C)c4)cnn32)c1. The van der Waals surface area contributed by atoms with E-state index in [1.54, 1.807) is 63.3 Å². The molecule has 3 aromatic carbocycles. The van der Waals surface area contributed by atoms with Crippen molar-refractivity contribution in [3.8, 4) is 17.2 Å². The highest BCUT2D eigenvalue weighted by molar-refractivity contribution is 6.10. The summed E-state index contributed by atoms with van der Waals surface area (Å²) < 4.78 is 18.3. The van der Waals surface area contributed by atoms with Gasteiger partial charge in [-0.25, -0.2) is 4.68 Å². The number of allylic oxidation sites excluding steroid dienone is 1. The van der Waals surface area contributed by atoms with Gasteiger partial charge in [-0.15, -0.1) is 0 Å². The van der Waals surface area contributed by atoms with E-state index < -0.39 is 6.04 Å². The normalized spacial score (nSPS) is 14.0. The number of carbonyl (C=O) groups excluding carboxylic acids is 2. The number of aryl methyl sites for hydroxylation is 1. The molecule has 0 unspecified atom stereocenters. The van der Waals surface area contributed by atoms with Gasteiger partial charge in [0.05, 0.1) is 38.8 Å². The van der Waals surface area contributed by atoms with Gasteiger partial charge in [-0.2, -0.15) is 5.10 Å². The fourth-order valence-corrected chi connectivity index (χ4v) is 4.91. The smallest absolute Gasteiger partial charge is 0.261 e. The van der Waals surface area contributed by atoms with Crippen molar-refractivity contribution in [2.45, 2.75) is 19.9 Å². The number of rotatable bonds is 8. The van der Waals surface area contributed by atoms with Gasteiger partial charge in [-0.05, 0) is 61.9 Å². The Morgan fingerprint density at radius 3 is 2.37 bits per heavy atom. The lowest BCUT2D eigenvalue weighted by Gasteiger charge is -2.31. The highest BCUT2D eigenvalue weighted by Gasteiger charge is 2.37. The van der Waals surface area contributed by atoms with Crippen LogP contribution in [0, 0.1) is 6.92 Å². The van der Waals surface area contributed by atoms with Gasteiger partial charge in [-0.1, -0.05) is 24.3 Å². The van der Waals surface area contributed by atoms with Gasteiger partial charge < -0.3 is 30.2 Å². The molecule has 1 atom stereocenters. The number of fused-ring (bicyclic) bond motifs is 1. The van der Waals surface area contributed by atoms with E-state index in [0.29, 0.717) is 56.8 Å². The number of benzene rings is 3. The Hall–Kier alpha value is -5.25. The maximum absolute atomic E-state index is 14.0. The number of hydrogen-bond donors (Lipinski definition) is 3. The predicted molar refractivity (Wildman–Crippen MR) is 157 cm³/mol. The van der Waals surface area contributed by atoms with Gasteiger partial charge >= 0.3 is 0 Å². The molecular weight excluding hydrogens is 522 g/mol. The topological polar surface area (TPSA) is 116 Å². The zero-order valence-corrected chi connectivity index (χ0v) is 23.4. The number of nitrogens with zero attached hydrogens (tertiary/aromatic N) is 2. The van der Waals surface area contributed by atoms with Crippen LogP contribution in [-0.4, -0.2) is 42.9 Å². The summed E-state index contributed by atoms with van der Waals surface area (Å²) in [6, 6.07) is 19.3. The Kier molecular flexibility index (Phi) is 7.64. The molecular formula is C31H31N5O5. The second-order valence-corrected chi connectivity index (χ2v) is 9.50. The number of hydrogen-bond acceptors (Lipinski definition) is 7. The number of carbonyl (C=O) groups is 2. The lowest BCUT2D eigenvalue weighted by atomic mass is 9.93. The van der Waals surface area contributed by atoms with Crippen LogP contribution in [0.4, 0.5) is 17.2 Å². The third kappa shape index (κ3) is 5.31. The minimum absolute atomic E-state index is 0.321. The monoisotopic (exact) mass is 553 g/mol. The van der Waals surface area contributed by atoms with Crippen molar-refractivity contribution in [3.05, 3.63) is 101 Å². The van der Waals surface area contributed by atoms with Crippen LogP contribution in [0.3, 0.4) is 0 Å². The number of anilines is 3. The molecule has 1 aliphatic heterocycles. The first-order valence-corrected chi connectivity index (χ1v) is 12.9. The standard InChI is InChI=1S/C31H31N5O5/c1-18-9-8-10-20(15-18)34-30(37)23-17-32-36-28(22-16-21(39-3)13-14-25(22)40-4)27(19(2)33-29(23)36)31(38)35-24-11-6-7-12-26(24)41-5/h6-17,28,33H,1-5H3,(H,34,37)(H,35,38)/t28-/m0/s1. The minimum Gasteiger partial charge on any atom is -0.497 e. The fraction of sp³-hybridized carbons (Fsp3) is 0.194. The molecule has 3 N–H and O–H groups in total. The Labute approximate surface area is 237 Å². The van der Waals surface area contributed by atoms with Crippen LogP contribution in [0.5, 0.6) is 17.2 Å². The van der Waals surface area contributed by atoms with Crippen LogP contribution in [0.25, 0.3) is 0 Å². The van der Waals surface area contributed by atoms with E-state index >= 15 is 0 Å². The Bertz CT molecular complexity index is 1660. The molecule has 0 fully saturated rings. The molecule has 0 saturated heterocycles. The Balaban J connectivity index is 1.61. The first-order valence-electron chi connectivity index (χ1n) is 12.9. The van der Waals surface area contributed by atoms with Crippen LogP contribution < -0.4 is 30.2 Å². The van der Waals surface area contributed by atoms with Crippen LogP contribution in [0.2, 0.25) is 0 Å². The number of methoxy groups -OCH3 is 3. The van der Waals surface area contributed by atoms with Crippen molar-refractivity contribution in [3.63, 3.8) is 0 Å². The first-order chi connectivity index (χ1) is 19.8. The summed E-state index contributed by atoms with van der Waals surface area (Å²) in [4.78, 5) is 27.4.